The highest BCUT2D eigenvalue weighted by atomic mass is 16.5. The first-order valence-electron chi connectivity index (χ1n) is 5.42. The quantitative estimate of drug-likeness (QED) is 0.765. The van der Waals surface area contributed by atoms with Crippen LogP contribution in [0, 0.1) is 0 Å². The fraction of sp³-hybridized carbons (Fsp3) is 0.636. The fourth-order valence-electron chi connectivity index (χ4n) is 1.45. The molecule has 1 aromatic heterocycles. The second-order valence-corrected chi connectivity index (χ2v) is 3.51. The van der Waals surface area contributed by atoms with Gasteiger partial charge in [-0.05, 0) is 6.42 Å². The molecular formula is C11H19N3O2. The van der Waals surface area contributed by atoms with Crippen molar-refractivity contribution in [1.82, 2.24) is 9.97 Å². The zero-order valence-corrected chi connectivity index (χ0v) is 10.1. The molecule has 1 unspecified atom stereocenters. The maximum atomic E-state index is 5.14. The second kappa shape index (κ2) is 7.00. The minimum atomic E-state index is 0.238. The van der Waals surface area contributed by atoms with E-state index in [9.17, 15) is 0 Å². The third-order valence-corrected chi connectivity index (χ3v) is 2.18. The standard InChI is InChI=1S/C11H19N3O2/c1-4-5-9(8-15-2)13-11-12-7-6-10(14-11)16-3/h6-7,9H,4-5,8H2,1-3H3,(H,12,13,14). The molecule has 0 amide bonds. The van der Waals surface area contributed by atoms with Gasteiger partial charge in [0.2, 0.25) is 11.8 Å². The average molecular weight is 225 g/mol. The van der Waals surface area contributed by atoms with Crippen molar-refractivity contribution in [2.75, 3.05) is 26.1 Å². The summed E-state index contributed by atoms with van der Waals surface area (Å²) in [4.78, 5) is 8.33. The molecule has 0 saturated carbocycles. The Balaban J connectivity index is 2.60. The first-order valence-corrected chi connectivity index (χ1v) is 5.42. The number of nitrogens with one attached hydrogen (secondary N) is 1. The van der Waals surface area contributed by atoms with Gasteiger partial charge >= 0.3 is 0 Å². The van der Waals surface area contributed by atoms with Gasteiger partial charge in [0.05, 0.1) is 19.8 Å². The minimum absolute atomic E-state index is 0.238. The van der Waals surface area contributed by atoms with E-state index in [1.807, 2.05) is 0 Å². The van der Waals surface area contributed by atoms with Gasteiger partial charge in [-0.1, -0.05) is 13.3 Å². The Bertz CT molecular complexity index is 301. The summed E-state index contributed by atoms with van der Waals surface area (Å²) >= 11 is 0. The van der Waals surface area contributed by atoms with Gasteiger partial charge in [-0.15, -0.1) is 0 Å². The van der Waals surface area contributed by atoms with Crippen molar-refractivity contribution < 1.29 is 9.47 Å². The largest absolute Gasteiger partial charge is 0.481 e. The van der Waals surface area contributed by atoms with E-state index in [1.54, 1.807) is 26.5 Å². The number of aromatic nitrogens is 2. The summed E-state index contributed by atoms with van der Waals surface area (Å²) in [5, 5.41) is 3.23. The Morgan fingerprint density at radius 1 is 1.44 bits per heavy atom. The molecule has 1 heterocycles. The summed E-state index contributed by atoms with van der Waals surface area (Å²) in [6, 6.07) is 1.96. The molecule has 5 nitrogen and oxygen atoms in total. The van der Waals surface area contributed by atoms with Crippen LogP contribution in [0.1, 0.15) is 19.8 Å². The van der Waals surface area contributed by atoms with Crippen molar-refractivity contribution in [2.45, 2.75) is 25.8 Å². The van der Waals surface area contributed by atoms with Gasteiger partial charge in [0.1, 0.15) is 0 Å². The number of ether oxygens (including phenoxy) is 2. The highest BCUT2D eigenvalue weighted by Crippen LogP contribution is 2.10. The SMILES string of the molecule is CCCC(COC)Nc1nccc(OC)n1. The number of rotatable bonds is 7. The monoisotopic (exact) mass is 225 g/mol. The minimum Gasteiger partial charge on any atom is -0.481 e. The van der Waals surface area contributed by atoms with Crippen molar-refractivity contribution in [1.29, 1.82) is 0 Å². The molecule has 0 aliphatic carbocycles. The first-order chi connectivity index (χ1) is 7.80. The van der Waals surface area contributed by atoms with Crippen LogP contribution in [0.4, 0.5) is 5.95 Å². The summed E-state index contributed by atoms with van der Waals surface area (Å²) in [5.74, 6) is 1.14. The Hall–Kier alpha value is -1.36. The van der Waals surface area contributed by atoms with Gasteiger partial charge < -0.3 is 14.8 Å². The summed E-state index contributed by atoms with van der Waals surface area (Å²) in [5.41, 5.74) is 0. The van der Waals surface area contributed by atoms with Crippen LogP contribution in [0.5, 0.6) is 5.88 Å². The van der Waals surface area contributed by atoms with E-state index < -0.39 is 0 Å². The first kappa shape index (κ1) is 12.7. The summed E-state index contributed by atoms with van der Waals surface area (Å²) in [7, 11) is 3.28. The summed E-state index contributed by atoms with van der Waals surface area (Å²) in [6.45, 7) is 2.78. The number of hydrogen-bond acceptors (Lipinski definition) is 5. The molecule has 0 aliphatic heterocycles. The molecule has 0 aromatic carbocycles. The maximum absolute atomic E-state index is 5.14. The van der Waals surface area contributed by atoms with E-state index >= 15 is 0 Å². The van der Waals surface area contributed by atoms with Crippen LogP contribution < -0.4 is 10.1 Å². The lowest BCUT2D eigenvalue weighted by atomic mass is 10.2. The van der Waals surface area contributed by atoms with E-state index in [4.69, 9.17) is 9.47 Å². The van der Waals surface area contributed by atoms with E-state index in [0.717, 1.165) is 12.8 Å². The van der Waals surface area contributed by atoms with Crippen molar-refractivity contribution >= 4 is 5.95 Å². The molecule has 1 rings (SSSR count). The normalized spacial score (nSPS) is 12.2. The molecular weight excluding hydrogens is 206 g/mol. The highest BCUT2D eigenvalue weighted by Gasteiger charge is 2.09. The van der Waals surface area contributed by atoms with E-state index in [0.29, 0.717) is 18.4 Å². The molecule has 1 atom stereocenters. The zero-order chi connectivity index (χ0) is 11.8. The van der Waals surface area contributed by atoms with Crippen LogP contribution in [0.25, 0.3) is 0 Å². The van der Waals surface area contributed by atoms with Crippen LogP contribution >= 0.6 is 0 Å². The molecule has 0 bridgehead atoms. The molecule has 0 fully saturated rings. The van der Waals surface area contributed by atoms with Crippen molar-refractivity contribution in [2.24, 2.45) is 0 Å². The van der Waals surface area contributed by atoms with E-state index in [2.05, 4.69) is 22.2 Å². The van der Waals surface area contributed by atoms with Crippen molar-refractivity contribution in [3.05, 3.63) is 12.3 Å². The van der Waals surface area contributed by atoms with Crippen LogP contribution in [0.15, 0.2) is 12.3 Å². The van der Waals surface area contributed by atoms with Crippen LogP contribution in [-0.4, -0.2) is 36.8 Å². The lowest BCUT2D eigenvalue weighted by Crippen LogP contribution is -2.25. The summed E-state index contributed by atoms with van der Waals surface area (Å²) in [6.07, 6.45) is 3.78. The number of anilines is 1. The van der Waals surface area contributed by atoms with E-state index in [-0.39, 0.29) is 6.04 Å². The number of nitrogens with zero attached hydrogens (tertiary/aromatic N) is 2. The van der Waals surface area contributed by atoms with Crippen LogP contribution in [0.2, 0.25) is 0 Å². The zero-order valence-electron chi connectivity index (χ0n) is 10.1. The molecule has 16 heavy (non-hydrogen) atoms. The smallest absolute Gasteiger partial charge is 0.226 e. The lowest BCUT2D eigenvalue weighted by Gasteiger charge is -2.16. The number of methoxy groups -OCH3 is 2. The predicted octanol–water partition coefficient (Wildman–Crippen LogP) is 1.71. The van der Waals surface area contributed by atoms with Crippen molar-refractivity contribution in [3.63, 3.8) is 0 Å². The highest BCUT2D eigenvalue weighted by molar-refractivity contribution is 5.28. The molecule has 0 radical (unpaired) electrons. The Labute approximate surface area is 96.2 Å². The topological polar surface area (TPSA) is 56.3 Å². The second-order valence-electron chi connectivity index (χ2n) is 3.51. The fourth-order valence-corrected chi connectivity index (χ4v) is 1.45. The Morgan fingerprint density at radius 2 is 2.25 bits per heavy atom. The summed E-state index contributed by atoms with van der Waals surface area (Å²) < 4.78 is 10.2. The molecule has 1 aromatic rings. The number of hydrogen-bond donors (Lipinski definition) is 1. The van der Waals surface area contributed by atoms with Gasteiger partial charge in [0, 0.05) is 19.4 Å². The lowest BCUT2D eigenvalue weighted by molar-refractivity contribution is 0.182. The van der Waals surface area contributed by atoms with Gasteiger partial charge in [-0.2, -0.15) is 4.98 Å². The molecule has 0 spiro atoms. The van der Waals surface area contributed by atoms with Crippen molar-refractivity contribution in [3.8, 4) is 5.88 Å². The Morgan fingerprint density at radius 3 is 2.88 bits per heavy atom. The molecule has 0 aliphatic rings. The maximum Gasteiger partial charge on any atom is 0.226 e. The van der Waals surface area contributed by atoms with Gasteiger partial charge in [0.25, 0.3) is 0 Å². The average Bonchev–Trinajstić information content (AvgIpc) is 2.30. The molecule has 90 valence electrons. The predicted molar refractivity (Wildman–Crippen MR) is 62.8 cm³/mol. The molecule has 5 heteroatoms. The third-order valence-electron chi connectivity index (χ3n) is 2.18. The van der Waals surface area contributed by atoms with Crippen LogP contribution in [-0.2, 0) is 4.74 Å². The van der Waals surface area contributed by atoms with Gasteiger partial charge in [-0.25, -0.2) is 4.98 Å². The van der Waals surface area contributed by atoms with Gasteiger partial charge in [0.15, 0.2) is 0 Å². The Kier molecular flexibility index (Phi) is 5.56. The van der Waals surface area contributed by atoms with Gasteiger partial charge in [-0.3, -0.25) is 0 Å². The molecule has 1 N–H and O–H groups in total. The van der Waals surface area contributed by atoms with E-state index in [1.165, 1.54) is 0 Å². The van der Waals surface area contributed by atoms with Crippen LogP contribution in [0.3, 0.4) is 0 Å². The molecule has 0 saturated heterocycles. The third kappa shape index (κ3) is 4.02.